The van der Waals surface area contributed by atoms with Crippen LogP contribution in [0.5, 0.6) is 0 Å². The van der Waals surface area contributed by atoms with Crippen LogP contribution >= 0.6 is 22.6 Å². The first-order valence-corrected chi connectivity index (χ1v) is 4.68. The van der Waals surface area contributed by atoms with Crippen LogP contribution in [-0.2, 0) is 4.74 Å². The lowest BCUT2D eigenvalue weighted by Crippen LogP contribution is -2.17. The van der Waals surface area contributed by atoms with E-state index in [2.05, 4.69) is 22.6 Å². The Balaban J connectivity index is 2.42. The summed E-state index contributed by atoms with van der Waals surface area (Å²) in [6.07, 6.45) is 6.79. The largest absolute Gasteiger partial charge is 0.484 e. The average Bonchev–Trinajstić information content (AvgIpc) is 1.95. The van der Waals surface area contributed by atoms with Crippen molar-refractivity contribution >= 4 is 22.6 Å². The molecule has 0 aromatic carbocycles. The van der Waals surface area contributed by atoms with Crippen LogP contribution in [-0.4, -0.2) is 10.7 Å². The van der Waals surface area contributed by atoms with Gasteiger partial charge in [0.15, 0.2) is 0 Å². The zero-order valence-corrected chi connectivity index (χ0v) is 7.74. The Labute approximate surface area is 74.3 Å². The molecule has 2 N–H and O–H groups in total. The number of hydrogen-bond donors (Lipinski definition) is 1. The number of hydrogen-bond acceptors (Lipinski definition) is 2. The molecule has 0 radical (unpaired) electrons. The molecule has 3 heteroatoms. The molecule has 0 spiro atoms. The molecule has 1 aliphatic rings. The van der Waals surface area contributed by atoms with E-state index >= 15 is 0 Å². The number of rotatable bonds is 2. The van der Waals surface area contributed by atoms with Crippen LogP contribution in [0.25, 0.3) is 0 Å². The number of allylic oxidation sites excluding steroid dienone is 1. The van der Waals surface area contributed by atoms with Gasteiger partial charge in [0.2, 0.25) is 0 Å². The maximum atomic E-state index is 5.60. The quantitative estimate of drug-likeness (QED) is 0.597. The van der Waals surface area contributed by atoms with Gasteiger partial charge < -0.3 is 10.5 Å². The smallest absolute Gasteiger partial charge is 0.139 e. The molecule has 0 heterocycles. The van der Waals surface area contributed by atoms with Crippen LogP contribution in [0.4, 0.5) is 0 Å². The molecule has 10 heavy (non-hydrogen) atoms. The molecule has 0 aromatic heterocycles. The summed E-state index contributed by atoms with van der Waals surface area (Å²) >= 11 is 2.17. The van der Waals surface area contributed by atoms with Gasteiger partial charge in [-0.3, -0.25) is 0 Å². The Morgan fingerprint density at radius 2 is 2.60 bits per heavy atom. The van der Waals surface area contributed by atoms with Crippen molar-refractivity contribution in [3.63, 3.8) is 0 Å². The molecule has 0 amide bonds. The second kappa shape index (κ2) is 3.98. The standard InChI is InChI=1S/C7H10INO/c8-5-10-7-3-1-6(9)2-4-7/h1,3-4,6H,2,5,9H2. The Bertz CT molecular complexity index is 165. The van der Waals surface area contributed by atoms with Gasteiger partial charge in [-0.2, -0.15) is 0 Å². The van der Waals surface area contributed by atoms with E-state index in [0.717, 1.165) is 12.2 Å². The third-order valence-corrected chi connectivity index (χ3v) is 1.63. The Hall–Kier alpha value is -0.0300. The van der Waals surface area contributed by atoms with E-state index in [1.54, 1.807) is 0 Å². The maximum Gasteiger partial charge on any atom is 0.139 e. The van der Waals surface area contributed by atoms with Crippen molar-refractivity contribution in [3.8, 4) is 0 Å². The highest BCUT2D eigenvalue weighted by Crippen LogP contribution is 2.10. The molecule has 0 saturated carbocycles. The van der Waals surface area contributed by atoms with E-state index in [0.29, 0.717) is 4.61 Å². The lowest BCUT2D eigenvalue weighted by atomic mass is 10.1. The Kier molecular flexibility index (Phi) is 3.21. The molecule has 0 fully saturated rings. The van der Waals surface area contributed by atoms with Crippen molar-refractivity contribution in [1.82, 2.24) is 0 Å². The van der Waals surface area contributed by atoms with Gasteiger partial charge in [-0.25, -0.2) is 0 Å². The second-order valence-corrected chi connectivity index (χ2v) is 2.74. The SMILES string of the molecule is NC1C=CC(OCI)=CC1. The first kappa shape index (κ1) is 8.07. The van der Waals surface area contributed by atoms with Gasteiger partial charge in [0, 0.05) is 6.04 Å². The van der Waals surface area contributed by atoms with Crippen molar-refractivity contribution in [1.29, 1.82) is 0 Å². The Morgan fingerprint density at radius 1 is 1.80 bits per heavy atom. The maximum absolute atomic E-state index is 5.60. The lowest BCUT2D eigenvalue weighted by Gasteiger charge is -2.10. The van der Waals surface area contributed by atoms with E-state index in [4.69, 9.17) is 10.5 Å². The molecule has 0 aliphatic heterocycles. The summed E-state index contributed by atoms with van der Waals surface area (Å²) in [5.74, 6) is 0.941. The van der Waals surface area contributed by atoms with Crippen LogP contribution in [0.1, 0.15) is 6.42 Å². The molecule has 56 valence electrons. The summed E-state index contributed by atoms with van der Waals surface area (Å²) in [7, 11) is 0. The fourth-order valence-electron chi connectivity index (χ4n) is 0.787. The van der Waals surface area contributed by atoms with Crippen LogP contribution in [0.2, 0.25) is 0 Å². The highest BCUT2D eigenvalue weighted by molar-refractivity contribution is 14.1. The molecule has 1 rings (SSSR count). The molecular weight excluding hydrogens is 241 g/mol. The predicted octanol–water partition coefficient (Wildman–Crippen LogP) is 1.57. The summed E-state index contributed by atoms with van der Waals surface area (Å²) in [5, 5.41) is 0. The van der Waals surface area contributed by atoms with Gasteiger partial charge in [0.25, 0.3) is 0 Å². The number of alkyl halides is 1. The van der Waals surface area contributed by atoms with Gasteiger partial charge in [0.1, 0.15) is 10.4 Å². The van der Waals surface area contributed by atoms with Crippen molar-refractivity contribution in [3.05, 3.63) is 24.0 Å². The highest BCUT2D eigenvalue weighted by Gasteiger charge is 2.02. The fourth-order valence-corrected chi connectivity index (χ4v) is 1.15. The van der Waals surface area contributed by atoms with E-state index in [-0.39, 0.29) is 6.04 Å². The molecular formula is C7H10INO. The highest BCUT2D eigenvalue weighted by atomic mass is 127. The van der Waals surface area contributed by atoms with Gasteiger partial charge in [-0.15, -0.1) is 0 Å². The summed E-state index contributed by atoms with van der Waals surface area (Å²) < 4.78 is 5.93. The molecule has 1 unspecified atom stereocenters. The van der Waals surface area contributed by atoms with Crippen molar-refractivity contribution < 1.29 is 4.74 Å². The minimum absolute atomic E-state index is 0.182. The fraction of sp³-hybridized carbons (Fsp3) is 0.429. The molecule has 0 aromatic rings. The normalized spacial score (nSPS) is 24.2. The lowest BCUT2D eigenvalue weighted by molar-refractivity contribution is 0.293. The minimum atomic E-state index is 0.182. The summed E-state index contributed by atoms with van der Waals surface area (Å²) in [6.45, 7) is 0. The number of nitrogens with two attached hydrogens (primary N) is 1. The van der Waals surface area contributed by atoms with Crippen LogP contribution in [0.3, 0.4) is 0 Å². The van der Waals surface area contributed by atoms with Gasteiger partial charge >= 0.3 is 0 Å². The summed E-state index contributed by atoms with van der Waals surface area (Å²) in [4.78, 5) is 0. The van der Waals surface area contributed by atoms with Crippen LogP contribution in [0.15, 0.2) is 24.0 Å². The Morgan fingerprint density at radius 3 is 3.10 bits per heavy atom. The molecule has 0 saturated heterocycles. The third kappa shape index (κ3) is 2.30. The van der Waals surface area contributed by atoms with E-state index in [1.165, 1.54) is 0 Å². The third-order valence-electron chi connectivity index (χ3n) is 1.32. The van der Waals surface area contributed by atoms with Crippen molar-refractivity contribution in [2.45, 2.75) is 12.5 Å². The summed E-state index contributed by atoms with van der Waals surface area (Å²) in [6, 6.07) is 0.182. The zero-order chi connectivity index (χ0) is 7.40. The first-order chi connectivity index (χ1) is 4.83. The van der Waals surface area contributed by atoms with Gasteiger partial charge in [0.05, 0.1) is 0 Å². The molecule has 0 bridgehead atoms. The first-order valence-electron chi connectivity index (χ1n) is 3.15. The van der Waals surface area contributed by atoms with E-state index in [1.807, 2.05) is 18.2 Å². The number of halogens is 1. The summed E-state index contributed by atoms with van der Waals surface area (Å²) in [5.41, 5.74) is 5.60. The minimum Gasteiger partial charge on any atom is -0.484 e. The monoisotopic (exact) mass is 251 g/mol. The predicted molar refractivity (Wildman–Crippen MR) is 49.8 cm³/mol. The van der Waals surface area contributed by atoms with Gasteiger partial charge in [-0.05, 0) is 41.2 Å². The van der Waals surface area contributed by atoms with Crippen LogP contribution in [0, 0.1) is 0 Å². The van der Waals surface area contributed by atoms with E-state index in [9.17, 15) is 0 Å². The van der Waals surface area contributed by atoms with Crippen molar-refractivity contribution in [2.24, 2.45) is 5.73 Å². The van der Waals surface area contributed by atoms with Crippen LogP contribution < -0.4 is 5.73 Å². The number of ether oxygens (including phenoxy) is 1. The van der Waals surface area contributed by atoms with Crippen molar-refractivity contribution in [2.75, 3.05) is 4.61 Å². The average molecular weight is 251 g/mol. The van der Waals surface area contributed by atoms with E-state index < -0.39 is 0 Å². The second-order valence-electron chi connectivity index (χ2n) is 2.12. The molecule has 1 aliphatic carbocycles. The molecule has 2 nitrogen and oxygen atoms in total. The topological polar surface area (TPSA) is 35.2 Å². The zero-order valence-electron chi connectivity index (χ0n) is 5.59. The van der Waals surface area contributed by atoms with Gasteiger partial charge in [-0.1, -0.05) is 6.08 Å². The molecule has 1 atom stereocenters.